The van der Waals surface area contributed by atoms with E-state index in [1.165, 1.54) is 11.1 Å². The van der Waals surface area contributed by atoms with E-state index in [0.29, 0.717) is 12.0 Å². The van der Waals surface area contributed by atoms with E-state index in [1.54, 1.807) is 0 Å². The highest BCUT2D eigenvalue weighted by Gasteiger charge is 2.05. The van der Waals surface area contributed by atoms with Crippen LogP contribution in [-0.4, -0.2) is 24.3 Å². The summed E-state index contributed by atoms with van der Waals surface area (Å²) in [6.45, 7) is 7.47. The van der Waals surface area contributed by atoms with Crippen molar-refractivity contribution in [2.24, 2.45) is 5.92 Å². The van der Waals surface area contributed by atoms with Gasteiger partial charge < -0.3 is 10.4 Å². The largest absolute Gasteiger partial charge is 0.396 e. The summed E-state index contributed by atoms with van der Waals surface area (Å²) in [6, 6.07) is 9.12. The molecule has 0 aliphatic carbocycles. The minimum Gasteiger partial charge on any atom is -0.396 e. The van der Waals surface area contributed by atoms with E-state index in [4.69, 9.17) is 5.11 Å². The lowest BCUT2D eigenvalue weighted by Gasteiger charge is -2.16. The smallest absolute Gasteiger partial charge is 0.0468 e. The number of hydrogen-bond donors (Lipinski definition) is 2. The van der Waals surface area contributed by atoms with E-state index >= 15 is 0 Å². The van der Waals surface area contributed by atoms with Crippen molar-refractivity contribution in [3.05, 3.63) is 35.4 Å². The van der Waals surface area contributed by atoms with Crippen LogP contribution in [0.4, 0.5) is 0 Å². The van der Waals surface area contributed by atoms with E-state index in [0.717, 1.165) is 13.0 Å². The van der Waals surface area contributed by atoms with Gasteiger partial charge in [-0.25, -0.2) is 0 Å². The Kier molecular flexibility index (Phi) is 5.50. The molecule has 0 aliphatic heterocycles. The van der Waals surface area contributed by atoms with E-state index in [-0.39, 0.29) is 6.61 Å². The zero-order valence-corrected chi connectivity index (χ0v) is 10.5. The van der Waals surface area contributed by atoms with Crippen LogP contribution in [-0.2, 0) is 6.42 Å². The van der Waals surface area contributed by atoms with Gasteiger partial charge >= 0.3 is 0 Å². The Balaban J connectivity index is 2.33. The molecule has 90 valence electrons. The lowest BCUT2D eigenvalue weighted by atomic mass is 10.0. The molecular formula is C14H23NO. The molecule has 0 bridgehead atoms. The predicted molar refractivity (Wildman–Crippen MR) is 68.6 cm³/mol. The molecule has 0 saturated heterocycles. The SMILES string of the molecule is Cc1ccc(CC(C)NCC(C)CO)cc1. The first-order valence-electron chi connectivity index (χ1n) is 6.01. The first-order valence-corrected chi connectivity index (χ1v) is 6.01. The van der Waals surface area contributed by atoms with E-state index in [2.05, 4.69) is 43.4 Å². The number of nitrogens with one attached hydrogen (secondary N) is 1. The molecular weight excluding hydrogens is 198 g/mol. The summed E-state index contributed by atoms with van der Waals surface area (Å²) in [4.78, 5) is 0. The van der Waals surface area contributed by atoms with Crippen LogP contribution in [0.1, 0.15) is 25.0 Å². The van der Waals surface area contributed by atoms with Gasteiger partial charge in [0.15, 0.2) is 0 Å². The van der Waals surface area contributed by atoms with E-state index in [9.17, 15) is 0 Å². The average Bonchev–Trinajstić information content (AvgIpc) is 2.29. The molecule has 0 fully saturated rings. The van der Waals surface area contributed by atoms with Gasteiger partial charge in [0.25, 0.3) is 0 Å². The monoisotopic (exact) mass is 221 g/mol. The van der Waals surface area contributed by atoms with Crippen LogP contribution in [0.2, 0.25) is 0 Å². The van der Waals surface area contributed by atoms with Gasteiger partial charge in [0, 0.05) is 19.2 Å². The fourth-order valence-corrected chi connectivity index (χ4v) is 1.62. The maximum Gasteiger partial charge on any atom is 0.0468 e. The van der Waals surface area contributed by atoms with Gasteiger partial charge in [0.1, 0.15) is 0 Å². The van der Waals surface area contributed by atoms with Crippen molar-refractivity contribution in [3.63, 3.8) is 0 Å². The number of aliphatic hydroxyl groups is 1. The Morgan fingerprint density at radius 3 is 2.38 bits per heavy atom. The normalized spacial score (nSPS) is 14.8. The summed E-state index contributed by atoms with van der Waals surface area (Å²) < 4.78 is 0. The van der Waals surface area contributed by atoms with Crippen LogP contribution in [0.15, 0.2) is 24.3 Å². The summed E-state index contributed by atoms with van der Waals surface area (Å²) in [5.74, 6) is 0.334. The number of benzene rings is 1. The van der Waals surface area contributed by atoms with Crippen molar-refractivity contribution in [2.45, 2.75) is 33.2 Å². The molecule has 0 aliphatic rings. The summed E-state index contributed by atoms with van der Waals surface area (Å²) in [5.41, 5.74) is 2.67. The molecule has 0 spiro atoms. The summed E-state index contributed by atoms with van der Waals surface area (Å²) in [7, 11) is 0. The summed E-state index contributed by atoms with van der Waals surface area (Å²) in [5, 5.41) is 12.4. The van der Waals surface area contributed by atoms with Crippen molar-refractivity contribution in [1.82, 2.24) is 5.32 Å². The zero-order valence-electron chi connectivity index (χ0n) is 10.5. The fourth-order valence-electron chi connectivity index (χ4n) is 1.62. The molecule has 1 aromatic carbocycles. The van der Waals surface area contributed by atoms with Crippen LogP contribution in [0, 0.1) is 12.8 Å². The third-order valence-corrected chi connectivity index (χ3v) is 2.79. The molecule has 16 heavy (non-hydrogen) atoms. The number of aryl methyl sites for hydroxylation is 1. The molecule has 0 radical (unpaired) electrons. The fraction of sp³-hybridized carbons (Fsp3) is 0.571. The first kappa shape index (κ1) is 13.2. The topological polar surface area (TPSA) is 32.3 Å². The van der Waals surface area contributed by atoms with Gasteiger partial charge in [-0.05, 0) is 31.7 Å². The zero-order chi connectivity index (χ0) is 12.0. The molecule has 1 aromatic rings. The third kappa shape index (κ3) is 4.77. The Bertz CT molecular complexity index is 294. The molecule has 0 heterocycles. The second kappa shape index (κ2) is 6.66. The number of aliphatic hydroxyl groups excluding tert-OH is 1. The lowest BCUT2D eigenvalue weighted by molar-refractivity contribution is 0.230. The van der Waals surface area contributed by atoms with E-state index in [1.807, 2.05) is 6.92 Å². The molecule has 2 unspecified atom stereocenters. The van der Waals surface area contributed by atoms with Gasteiger partial charge in [0.2, 0.25) is 0 Å². The van der Waals surface area contributed by atoms with E-state index < -0.39 is 0 Å². The Labute approximate surface area is 98.7 Å². The molecule has 0 amide bonds. The molecule has 2 atom stereocenters. The van der Waals surface area contributed by atoms with Crippen molar-refractivity contribution in [3.8, 4) is 0 Å². The molecule has 2 nitrogen and oxygen atoms in total. The highest BCUT2D eigenvalue weighted by atomic mass is 16.3. The highest BCUT2D eigenvalue weighted by molar-refractivity contribution is 5.21. The molecule has 2 heteroatoms. The predicted octanol–water partition coefficient (Wildman–Crippen LogP) is 2.14. The Morgan fingerprint density at radius 1 is 1.19 bits per heavy atom. The minimum absolute atomic E-state index is 0.254. The van der Waals surface area contributed by atoms with Crippen molar-refractivity contribution in [1.29, 1.82) is 0 Å². The maximum atomic E-state index is 8.93. The molecule has 0 aromatic heterocycles. The number of hydrogen-bond acceptors (Lipinski definition) is 2. The molecule has 1 rings (SSSR count). The van der Waals surface area contributed by atoms with Gasteiger partial charge in [0.05, 0.1) is 0 Å². The van der Waals surface area contributed by atoms with Crippen molar-refractivity contribution in [2.75, 3.05) is 13.2 Å². The van der Waals surface area contributed by atoms with Crippen LogP contribution < -0.4 is 5.32 Å². The van der Waals surface area contributed by atoms with Crippen LogP contribution in [0.3, 0.4) is 0 Å². The maximum absolute atomic E-state index is 8.93. The second-order valence-electron chi connectivity index (χ2n) is 4.79. The quantitative estimate of drug-likeness (QED) is 0.771. The lowest BCUT2D eigenvalue weighted by Crippen LogP contribution is -2.32. The third-order valence-electron chi connectivity index (χ3n) is 2.79. The molecule has 2 N–H and O–H groups in total. The summed E-state index contributed by atoms with van der Waals surface area (Å²) >= 11 is 0. The minimum atomic E-state index is 0.254. The summed E-state index contributed by atoms with van der Waals surface area (Å²) in [6.07, 6.45) is 1.04. The van der Waals surface area contributed by atoms with Crippen LogP contribution in [0.25, 0.3) is 0 Å². The van der Waals surface area contributed by atoms with Gasteiger partial charge in [-0.2, -0.15) is 0 Å². The highest BCUT2D eigenvalue weighted by Crippen LogP contribution is 2.06. The van der Waals surface area contributed by atoms with Crippen LogP contribution in [0.5, 0.6) is 0 Å². The van der Waals surface area contributed by atoms with Crippen molar-refractivity contribution >= 4 is 0 Å². The molecule has 0 saturated carbocycles. The number of rotatable bonds is 6. The van der Waals surface area contributed by atoms with Crippen LogP contribution >= 0.6 is 0 Å². The Hall–Kier alpha value is -0.860. The first-order chi connectivity index (χ1) is 7.61. The van der Waals surface area contributed by atoms with Gasteiger partial charge in [-0.3, -0.25) is 0 Å². The van der Waals surface area contributed by atoms with Gasteiger partial charge in [-0.15, -0.1) is 0 Å². The van der Waals surface area contributed by atoms with Crippen molar-refractivity contribution < 1.29 is 5.11 Å². The average molecular weight is 221 g/mol. The Morgan fingerprint density at radius 2 is 1.81 bits per heavy atom. The standard InChI is InChI=1S/C14H23NO/c1-11-4-6-14(7-5-11)8-13(3)15-9-12(2)10-16/h4-7,12-13,15-16H,8-10H2,1-3H3. The second-order valence-corrected chi connectivity index (χ2v) is 4.79. The van der Waals surface area contributed by atoms with Gasteiger partial charge in [-0.1, -0.05) is 36.8 Å².